The Labute approximate surface area is 333 Å². The molecule has 17 heteroatoms. The third kappa shape index (κ3) is 8.58. The first-order chi connectivity index (χ1) is 28.2. The Balaban J connectivity index is 0.750. The Hall–Kier alpha value is -6.49. The van der Waals surface area contributed by atoms with Crippen LogP contribution in [-0.4, -0.2) is 99.7 Å². The summed E-state index contributed by atoms with van der Waals surface area (Å²) in [5, 5.41) is 19.1. The Bertz CT molecular complexity index is 2270. The molecular formula is C41H44N10O7. The van der Waals surface area contributed by atoms with Gasteiger partial charge in [-0.2, -0.15) is 0 Å². The van der Waals surface area contributed by atoms with E-state index in [1.807, 2.05) is 24.3 Å². The van der Waals surface area contributed by atoms with E-state index in [1.54, 1.807) is 30.7 Å². The van der Waals surface area contributed by atoms with Gasteiger partial charge in [-0.3, -0.25) is 44.0 Å². The van der Waals surface area contributed by atoms with Crippen molar-refractivity contribution in [2.24, 2.45) is 5.92 Å². The molecule has 1 atom stereocenters. The molecule has 2 aliphatic carbocycles. The summed E-state index contributed by atoms with van der Waals surface area (Å²) in [6.07, 6.45) is 9.91. The number of hydrogen-bond donors (Lipinski definition) is 6. The van der Waals surface area contributed by atoms with Crippen molar-refractivity contribution in [2.45, 2.75) is 69.5 Å². The molecule has 6 N–H and O–H groups in total. The van der Waals surface area contributed by atoms with Crippen LogP contribution in [0.4, 0.5) is 23.0 Å². The van der Waals surface area contributed by atoms with Crippen LogP contribution < -0.4 is 31.9 Å². The van der Waals surface area contributed by atoms with E-state index in [9.17, 15) is 28.8 Å². The van der Waals surface area contributed by atoms with Gasteiger partial charge in [0.15, 0.2) is 0 Å². The number of piperidine rings is 1. The summed E-state index contributed by atoms with van der Waals surface area (Å²) in [6.45, 7) is 1.21. The predicted molar refractivity (Wildman–Crippen MR) is 212 cm³/mol. The second kappa shape index (κ2) is 16.9. The van der Waals surface area contributed by atoms with E-state index in [0.29, 0.717) is 73.4 Å². The maximum atomic E-state index is 13.5. The van der Waals surface area contributed by atoms with Crippen LogP contribution in [0.5, 0.6) is 0 Å². The van der Waals surface area contributed by atoms with Gasteiger partial charge in [0.1, 0.15) is 17.7 Å². The maximum absolute atomic E-state index is 13.5. The lowest BCUT2D eigenvalue weighted by atomic mass is 9.85. The van der Waals surface area contributed by atoms with Gasteiger partial charge in [0.05, 0.1) is 41.1 Å². The van der Waals surface area contributed by atoms with Crippen molar-refractivity contribution in [3.63, 3.8) is 0 Å². The molecule has 58 heavy (non-hydrogen) atoms. The number of benzene rings is 1. The number of amides is 6. The van der Waals surface area contributed by atoms with E-state index < -0.39 is 29.7 Å². The highest BCUT2D eigenvalue weighted by molar-refractivity contribution is 6.25. The number of nitrogens with zero attached hydrogens (tertiary/aromatic N) is 4. The smallest absolute Gasteiger partial charge is 0.264 e. The number of carbonyl (C=O) groups excluding carboxylic acids is 6. The SMILES string of the molecule is O=C1CCC(N2C(=O)c3cccc(NCCOCCNC(=O)[C@H]4CC[C@H](NC(=O)c5cnc(Nc6ccc7cnccc7n6)cc5NC5CC5)CC4)c3C2=O)C(=O)N1. The molecule has 3 fully saturated rings. The van der Waals surface area contributed by atoms with Crippen molar-refractivity contribution in [3.8, 4) is 0 Å². The van der Waals surface area contributed by atoms with Crippen molar-refractivity contribution in [2.75, 3.05) is 42.3 Å². The van der Waals surface area contributed by atoms with Gasteiger partial charge >= 0.3 is 0 Å². The molecule has 1 unspecified atom stereocenters. The van der Waals surface area contributed by atoms with Crippen LogP contribution in [0.1, 0.15) is 82.4 Å². The van der Waals surface area contributed by atoms with E-state index in [2.05, 4.69) is 46.9 Å². The van der Waals surface area contributed by atoms with E-state index in [0.717, 1.165) is 28.6 Å². The number of pyridine rings is 3. The Morgan fingerprint density at radius 1 is 0.845 bits per heavy atom. The highest BCUT2D eigenvalue weighted by Gasteiger charge is 2.45. The third-order valence-electron chi connectivity index (χ3n) is 10.8. The van der Waals surface area contributed by atoms with E-state index in [1.165, 1.54) is 6.07 Å². The lowest BCUT2D eigenvalue weighted by molar-refractivity contribution is -0.136. The number of rotatable bonds is 15. The van der Waals surface area contributed by atoms with Crippen molar-refractivity contribution in [1.82, 2.24) is 35.8 Å². The second-order valence-electron chi connectivity index (χ2n) is 15.0. The zero-order valence-electron chi connectivity index (χ0n) is 31.7. The molecular weight excluding hydrogens is 745 g/mol. The van der Waals surface area contributed by atoms with Gasteiger partial charge in [-0.25, -0.2) is 9.97 Å². The fourth-order valence-corrected chi connectivity index (χ4v) is 7.61. The standard InChI is InChI=1S/C41H44N10O7/c52-35-13-11-32(39(55)50-35)51-40(56)27-2-1-3-30(36(27)41(51)57)43-16-18-58-19-17-44-37(53)23-4-7-26(8-5-23)47-38(54)28-22-45-34(20-31(28)46-25-9-10-25)49-33-12-6-24-21-42-15-14-29(24)48-33/h1-3,6,12,14-15,20-23,25-26,32,43H,4-5,7-11,13,16-19H2,(H,44,53)(H,47,54)(H,50,52,55)(H2,45,46,48,49)/t23-,26-,32?. The molecule has 4 aromatic rings. The summed E-state index contributed by atoms with van der Waals surface area (Å²) in [4.78, 5) is 91.0. The van der Waals surface area contributed by atoms with Crippen LogP contribution in [-0.2, 0) is 19.1 Å². The summed E-state index contributed by atoms with van der Waals surface area (Å²) in [5.74, 6) is -1.44. The normalized spacial score (nSPS) is 20.3. The zero-order valence-corrected chi connectivity index (χ0v) is 31.7. The lowest BCUT2D eigenvalue weighted by Crippen LogP contribution is -2.54. The number of imide groups is 2. The first kappa shape index (κ1) is 38.4. The minimum atomic E-state index is -1.04. The largest absolute Gasteiger partial charge is 0.382 e. The monoisotopic (exact) mass is 788 g/mol. The molecule has 6 amide bonds. The third-order valence-corrected chi connectivity index (χ3v) is 10.8. The first-order valence-electron chi connectivity index (χ1n) is 19.7. The number of fused-ring (bicyclic) bond motifs is 2. The van der Waals surface area contributed by atoms with Gasteiger partial charge in [-0.05, 0) is 75.3 Å². The van der Waals surface area contributed by atoms with Crippen molar-refractivity contribution < 1.29 is 33.5 Å². The fourth-order valence-electron chi connectivity index (χ4n) is 7.61. The van der Waals surface area contributed by atoms with Crippen molar-refractivity contribution in [3.05, 3.63) is 77.7 Å². The van der Waals surface area contributed by atoms with Crippen molar-refractivity contribution in [1.29, 1.82) is 0 Å². The van der Waals surface area contributed by atoms with Crippen LogP contribution in [0.25, 0.3) is 10.9 Å². The molecule has 1 aromatic carbocycles. The second-order valence-corrected chi connectivity index (χ2v) is 15.0. The summed E-state index contributed by atoms with van der Waals surface area (Å²) in [6, 6.07) is 11.6. The first-order valence-corrected chi connectivity index (χ1v) is 19.7. The Morgan fingerprint density at radius 3 is 2.47 bits per heavy atom. The van der Waals surface area contributed by atoms with Crippen molar-refractivity contribution >= 4 is 69.4 Å². The zero-order chi connectivity index (χ0) is 40.2. The van der Waals surface area contributed by atoms with Crippen LogP contribution in [0.2, 0.25) is 0 Å². The summed E-state index contributed by atoms with van der Waals surface area (Å²) >= 11 is 0. The lowest BCUT2D eigenvalue weighted by Gasteiger charge is -2.28. The Morgan fingerprint density at radius 2 is 1.66 bits per heavy atom. The molecule has 2 aliphatic heterocycles. The number of hydrogen-bond acceptors (Lipinski definition) is 13. The molecule has 5 heterocycles. The topological polar surface area (TPSA) is 226 Å². The van der Waals surface area contributed by atoms with Gasteiger partial charge < -0.3 is 31.3 Å². The van der Waals surface area contributed by atoms with Gasteiger partial charge in [-0.1, -0.05) is 6.07 Å². The molecule has 1 saturated heterocycles. The van der Waals surface area contributed by atoms with Crippen LogP contribution in [0.15, 0.2) is 61.1 Å². The molecule has 0 bridgehead atoms. The van der Waals surface area contributed by atoms with Crippen LogP contribution in [0.3, 0.4) is 0 Å². The average molecular weight is 789 g/mol. The van der Waals surface area contributed by atoms with E-state index >= 15 is 0 Å². The number of aromatic nitrogens is 3. The minimum absolute atomic E-state index is 0.0455. The highest BCUT2D eigenvalue weighted by atomic mass is 16.5. The van der Waals surface area contributed by atoms with Gasteiger partial charge in [-0.15, -0.1) is 0 Å². The number of anilines is 4. The van der Waals surface area contributed by atoms with Crippen LogP contribution >= 0.6 is 0 Å². The quantitative estimate of drug-likeness (QED) is 0.0753. The number of ether oxygens (including phenoxy) is 1. The minimum Gasteiger partial charge on any atom is -0.382 e. The van der Waals surface area contributed by atoms with Gasteiger partial charge in [0, 0.05) is 73.2 Å². The van der Waals surface area contributed by atoms with Gasteiger partial charge in [0.25, 0.3) is 17.7 Å². The van der Waals surface area contributed by atoms with E-state index in [-0.39, 0.29) is 61.0 Å². The summed E-state index contributed by atoms with van der Waals surface area (Å²) in [5.41, 5.74) is 2.82. The fraction of sp³-hybridized carbons (Fsp3) is 0.390. The molecule has 0 radical (unpaired) electrons. The predicted octanol–water partition coefficient (Wildman–Crippen LogP) is 3.28. The average Bonchev–Trinajstić information content (AvgIpc) is 4.01. The van der Waals surface area contributed by atoms with Gasteiger partial charge in [0.2, 0.25) is 17.7 Å². The number of nitrogens with one attached hydrogen (secondary N) is 6. The molecule has 2 saturated carbocycles. The molecule has 0 spiro atoms. The van der Waals surface area contributed by atoms with E-state index in [4.69, 9.17) is 4.74 Å². The molecule has 300 valence electrons. The molecule has 17 nitrogen and oxygen atoms in total. The Kier molecular flexibility index (Phi) is 11.2. The highest BCUT2D eigenvalue weighted by Crippen LogP contribution is 2.33. The number of carbonyl (C=O) groups is 6. The van der Waals surface area contributed by atoms with Crippen LogP contribution in [0, 0.1) is 5.92 Å². The maximum Gasteiger partial charge on any atom is 0.264 e. The molecule has 8 rings (SSSR count). The molecule has 4 aliphatic rings. The summed E-state index contributed by atoms with van der Waals surface area (Å²) < 4.78 is 5.70. The summed E-state index contributed by atoms with van der Waals surface area (Å²) in [7, 11) is 0. The molecule has 3 aromatic heterocycles.